The molecule has 0 aliphatic carbocycles. The molecule has 0 aliphatic heterocycles. The molecule has 0 spiro atoms. The number of carboxylic acid groups (broad SMARTS) is 1. The molecular weight excluding hydrogens is 285 g/mol. The number of carboxylic acids is 1. The van der Waals surface area contributed by atoms with E-state index in [2.05, 4.69) is 0 Å². The van der Waals surface area contributed by atoms with Crippen molar-refractivity contribution in [1.82, 2.24) is 0 Å². The molecule has 1 unspecified atom stereocenters. The first-order valence-electron chi connectivity index (χ1n) is 5.08. The summed E-state index contributed by atoms with van der Waals surface area (Å²) in [6, 6.07) is 3.67. The van der Waals surface area contributed by atoms with Crippen molar-refractivity contribution in [1.29, 1.82) is 0 Å². The minimum absolute atomic E-state index is 0.187. The lowest BCUT2D eigenvalue weighted by Crippen LogP contribution is -2.21. The van der Waals surface area contributed by atoms with E-state index >= 15 is 0 Å². The van der Waals surface area contributed by atoms with Crippen molar-refractivity contribution in [2.24, 2.45) is 0 Å². The molecule has 1 aromatic carbocycles. The van der Waals surface area contributed by atoms with Crippen molar-refractivity contribution in [3.8, 4) is 0 Å². The van der Waals surface area contributed by atoms with Crippen LogP contribution in [0.25, 0.3) is 0 Å². The Morgan fingerprint density at radius 1 is 1.37 bits per heavy atom. The van der Waals surface area contributed by atoms with Crippen LogP contribution in [0, 0.1) is 0 Å². The van der Waals surface area contributed by atoms with E-state index in [4.69, 9.17) is 5.11 Å². The summed E-state index contributed by atoms with van der Waals surface area (Å²) in [5.41, 5.74) is -1.20. The van der Waals surface area contributed by atoms with E-state index in [0.717, 1.165) is 18.4 Å². The van der Waals surface area contributed by atoms with E-state index in [9.17, 15) is 26.4 Å². The number of hydrogen-bond acceptors (Lipinski definition) is 3. The maximum Gasteiger partial charge on any atom is 0.416 e. The Hall–Kier alpha value is -1.57. The largest absolute Gasteiger partial charge is 0.481 e. The highest BCUT2D eigenvalue weighted by atomic mass is 32.2. The van der Waals surface area contributed by atoms with Gasteiger partial charge in [-0.3, -0.25) is 4.79 Å². The molecule has 106 valence electrons. The van der Waals surface area contributed by atoms with E-state index in [0.29, 0.717) is 6.07 Å². The number of benzene rings is 1. The zero-order valence-electron chi connectivity index (χ0n) is 9.81. The van der Waals surface area contributed by atoms with Crippen LogP contribution < -0.4 is 0 Å². The molecule has 0 saturated carbocycles. The predicted molar refractivity (Wildman–Crippen MR) is 61.5 cm³/mol. The van der Waals surface area contributed by atoms with Gasteiger partial charge in [0, 0.05) is 6.26 Å². The lowest BCUT2D eigenvalue weighted by atomic mass is 9.99. The Labute approximate surface area is 107 Å². The number of hydrogen-bond donors (Lipinski definition) is 1. The van der Waals surface area contributed by atoms with E-state index in [1.54, 1.807) is 0 Å². The summed E-state index contributed by atoms with van der Waals surface area (Å²) >= 11 is 0. The van der Waals surface area contributed by atoms with E-state index in [1.807, 2.05) is 0 Å². The molecule has 0 aliphatic rings. The van der Waals surface area contributed by atoms with Gasteiger partial charge in [0.05, 0.1) is 17.2 Å². The van der Waals surface area contributed by atoms with E-state index in [1.165, 1.54) is 6.07 Å². The minimum Gasteiger partial charge on any atom is -0.481 e. The van der Waals surface area contributed by atoms with Gasteiger partial charge in [-0.25, -0.2) is 8.42 Å². The molecule has 0 amide bonds. The van der Waals surface area contributed by atoms with Crippen molar-refractivity contribution in [3.05, 3.63) is 35.4 Å². The van der Waals surface area contributed by atoms with E-state index < -0.39 is 39.2 Å². The summed E-state index contributed by atoms with van der Waals surface area (Å²) in [5.74, 6) is -3.74. The van der Waals surface area contributed by atoms with Crippen molar-refractivity contribution in [2.75, 3.05) is 12.0 Å². The monoisotopic (exact) mass is 296 g/mol. The fourth-order valence-corrected chi connectivity index (χ4v) is 2.49. The molecule has 1 rings (SSSR count). The summed E-state index contributed by atoms with van der Waals surface area (Å²) in [5, 5.41) is 8.94. The van der Waals surface area contributed by atoms with Crippen molar-refractivity contribution in [3.63, 3.8) is 0 Å². The number of sulfone groups is 1. The number of rotatable bonds is 4. The normalized spacial score (nSPS) is 14.1. The summed E-state index contributed by atoms with van der Waals surface area (Å²) in [7, 11) is -3.63. The van der Waals surface area contributed by atoms with Crippen molar-refractivity contribution < 1.29 is 31.5 Å². The second-order valence-corrected chi connectivity index (χ2v) is 6.29. The van der Waals surface area contributed by atoms with Crippen molar-refractivity contribution in [2.45, 2.75) is 12.1 Å². The lowest BCUT2D eigenvalue weighted by molar-refractivity contribution is -0.139. The van der Waals surface area contributed by atoms with Crippen LogP contribution in [0.15, 0.2) is 24.3 Å². The first kappa shape index (κ1) is 15.5. The molecule has 0 fully saturated rings. The molecule has 1 aromatic rings. The number of alkyl halides is 3. The number of halogens is 3. The first-order chi connectivity index (χ1) is 8.50. The van der Waals surface area contributed by atoms with Gasteiger partial charge in [0.1, 0.15) is 9.84 Å². The maximum absolute atomic E-state index is 12.5. The number of aliphatic carboxylic acids is 1. The number of carbonyl (C=O) groups is 1. The van der Waals surface area contributed by atoms with Crippen LogP contribution in [0.3, 0.4) is 0 Å². The van der Waals surface area contributed by atoms with Crippen LogP contribution in [0.2, 0.25) is 0 Å². The Bertz CT molecular complexity index is 578. The Morgan fingerprint density at radius 3 is 2.37 bits per heavy atom. The van der Waals surface area contributed by atoms with Gasteiger partial charge in [0.15, 0.2) is 0 Å². The highest BCUT2D eigenvalue weighted by molar-refractivity contribution is 7.90. The fourth-order valence-electron chi connectivity index (χ4n) is 1.54. The second-order valence-electron chi connectivity index (χ2n) is 4.11. The average Bonchev–Trinajstić information content (AvgIpc) is 2.23. The van der Waals surface area contributed by atoms with Gasteiger partial charge in [-0.1, -0.05) is 18.2 Å². The second kappa shape index (κ2) is 5.20. The molecule has 19 heavy (non-hydrogen) atoms. The third-order valence-electron chi connectivity index (χ3n) is 2.38. The third-order valence-corrected chi connectivity index (χ3v) is 3.32. The van der Waals surface area contributed by atoms with Crippen LogP contribution >= 0.6 is 0 Å². The van der Waals surface area contributed by atoms with Gasteiger partial charge >= 0.3 is 12.1 Å². The summed E-state index contributed by atoms with van der Waals surface area (Å²) < 4.78 is 59.7. The summed E-state index contributed by atoms with van der Waals surface area (Å²) in [6.45, 7) is 0. The molecule has 1 N–H and O–H groups in total. The van der Waals surface area contributed by atoms with Gasteiger partial charge in [-0.2, -0.15) is 13.2 Å². The Balaban J connectivity index is 3.21. The highest BCUT2D eigenvalue weighted by Crippen LogP contribution is 2.31. The molecule has 0 aromatic heterocycles. The lowest BCUT2D eigenvalue weighted by Gasteiger charge is -2.14. The van der Waals surface area contributed by atoms with Crippen LogP contribution in [0.5, 0.6) is 0 Å². The molecular formula is C11H11F3O4S. The Morgan fingerprint density at radius 2 is 1.95 bits per heavy atom. The third kappa shape index (κ3) is 4.55. The molecule has 0 radical (unpaired) electrons. The molecule has 8 heteroatoms. The van der Waals surface area contributed by atoms with Gasteiger partial charge in [0.2, 0.25) is 0 Å². The standard InChI is InChI=1S/C11H11F3O4S/c1-19(17,18)6-9(10(15)16)7-3-2-4-8(5-7)11(12,13)14/h2-5,9H,6H2,1H3,(H,15,16). The first-order valence-corrected chi connectivity index (χ1v) is 7.14. The smallest absolute Gasteiger partial charge is 0.416 e. The molecule has 0 bridgehead atoms. The van der Waals surface area contributed by atoms with E-state index in [-0.39, 0.29) is 5.56 Å². The molecule has 0 saturated heterocycles. The average molecular weight is 296 g/mol. The van der Waals surface area contributed by atoms with Gasteiger partial charge in [-0.05, 0) is 11.6 Å². The minimum atomic E-state index is -4.61. The highest BCUT2D eigenvalue weighted by Gasteiger charge is 2.32. The molecule has 0 heterocycles. The van der Waals surface area contributed by atoms with Crippen LogP contribution in [0.1, 0.15) is 17.0 Å². The van der Waals surface area contributed by atoms with Gasteiger partial charge in [0.25, 0.3) is 0 Å². The van der Waals surface area contributed by atoms with Crippen molar-refractivity contribution >= 4 is 15.8 Å². The van der Waals surface area contributed by atoms with Gasteiger partial charge < -0.3 is 5.11 Å². The zero-order chi connectivity index (χ0) is 14.8. The summed E-state index contributed by atoms with van der Waals surface area (Å²) in [6.07, 6.45) is -3.78. The topological polar surface area (TPSA) is 71.4 Å². The van der Waals surface area contributed by atoms with Crippen LogP contribution in [-0.4, -0.2) is 31.5 Å². The molecule has 4 nitrogen and oxygen atoms in total. The van der Waals surface area contributed by atoms with Crippen LogP contribution in [-0.2, 0) is 20.8 Å². The van der Waals surface area contributed by atoms with Crippen LogP contribution in [0.4, 0.5) is 13.2 Å². The Kier molecular flexibility index (Phi) is 4.24. The zero-order valence-corrected chi connectivity index (χ0v) is 10.6. The maximum atomic E-state index is 12.5. The molecule has 1 atom stereocenters. The fraction of sp³-hybridized carbons (Fsp3) is 0.364. The SMILES string of the molecule is CS(=O)(=O)CC(C(=O)O)c1cccc(C(F)(F)F)c1. The quantitative estimate of drug-likeness (QED) is 0.921. The van der Waals surface area contributed by atoms with Gasteiger partial charge in [-0.15, -0.1) is 0 Å². The predicted octanol–water partition coefficient (Wildman–Crippen LogP) is 1.92. The summed E-state index contributed by atoms with van der Waals surface area (Å²) in [4.78, 5) is 11.0.